The van der Waals surface area contributed by atoms with Crippen LogP contribution in [0.5, 0.6) is 0 Å². The zero-order valence-electron chi connectivity index (χ0n) is 35.3. The summed E-state index contributed by atoms with van der Waals surface area (Å²) in [5, 5.41) is 20.0. The van der Waals surface area contributed by atoms with Crippen molar-refractivity contribution >= 4 is 0 Å². The fourth-order valence-corrected chi connectivity index (χ4v) is 6.38. The molecule has 2 atom stereocenters. The quantitative estimate of drug-likeness (QED) is 0.104. The first-order chi connectivity index (χ1) is 24.4. The van der Waals surface area contributed by atoms with E-state index in [0.29, 0.717) is 5.92 Å². The molecule has 0 aromatic carbocycles. The molecule has 0 radical (unpaired) electrons. The highest BCUT2D eigenvalue weighted by Gasteiger charge is 2.35. The van der Waals surface area contributed by atoms with Crippen LogP contribution in [-0.4, -0.2) is 22.4 Å². The molecule has 2 unspecified atom stereocenters. The van der Waals surface area contributed by atoms with Crippen molar-refractivity contribution in [1.82, 2.24) is 0 Å². The van der Waals surface area contributed by atoms with Gasteiger partial charge in [-0.1, -0.05) is 162 Å². The second-order valence-corrected chi connectivity index (χ2v) is 16.5. The third-order valence-corrected chi connectivity index (χ3v) is 10.3. The van der Waals surface area contributed by atoms with Crippen LogP contribution in [0.4, 0.5) is 0 Å². The second-order valence-electron chi connectivity index (χ2n) is 16.5. The predicted octanol–water partition coefficient (Wildman–Crippen LogP) is 14.1. The summed E-state index contributed by atoms with van der Waals surface area (Å²) in [6.07, 6.45) is 43.0. The van der Waals surface area contributed by atoms with Gasteiger partial charge in [-0.15, -0.1) is 0 Å². The third-order valence-electron chi connectivity index (χ3n) is 10.3. The Morgan fingerprint density at radius 3 is 1.73 bits per heavy atom. The first-order valence-corrected chi connectivity index (χ1v) is 19.4. The summed E-state index contributed by atoms with van der Waals surface area (Å²) < 4.78 is 0. The Kier molecular flexibility index (Phi) is 21.5. The van der Waals surface area contributed by atoms with Crippen LogP contribution in [0.1, 0.15) is 129 Å². The Morgan fingerprint density at radius 2 is 1.23 bits per heavy atom. The molecule has 0 aliphatic heterocycles. The molecule has 1 rings (SSSR count). The molecular formula is C50H74O2. The zero-order valence-corrected chi connectivity index (χ0v) is 35.3. The SMILES string of the molecule is CC(C)=CCC(CCC(C)=CC=CC(C)=CC=CC(C)=CC=CC=C(C)C=CC=C(C)C=CC1=C(C)CCC(CC=C(C)CO)C1(C)C)C(C)(C)O. The van der Waals surface area contributed by atoms with E-state index in [-0.39, 0.29) is 17.9 Å². The summed E-state index contributed by atoms with van der Waals surface area (Å²) in [7, 11) is 0. The highest BCUT2D eigenvalue weighted by atomic mass is 16.3. The largest absolute Gasteiger partial charge is 0.392 e. The van der Waals surface area contributed by atoms with E-state index in [0.717, 1.165) is 37.7 Å². The van der Waals surface area contributed by atoms with Gasteiger partial charge in [0.25, 0.3) is 0 Å². The molecule has 0 aromatic heterocycles. The molecule has 1 aliphatic carbocycles. The molecule has 0 spiro atoms. The molecule has 0 saturated heterocycles. The molecule has 0 aromatic rings. The van der Waals surface area contributed by atoms with Crippen LogP contribution < -0.4 is 0 Å². The van der Waals surface area contributed by atoms with Gasteiger partial charge in [0.1, 0.15) is 0 Å². The zero-order chi connectivity index (χ0) is 39.3. The van der Waals surface area contributed by atoms with Crippen molar-refractivity contribution < 1.29 is 10.2 Å². The summed E-state index contributed by atoms with van der Waals surface area (Å²) in [6.45, 7) is 28.0. The lowest BCUT2D eigenvalue weighted by atomic mass is 9.64. The topological polar surface area (TPSA) is 40.5 Å². The molecule has 2 N–H and O–H groups in total. The van der Waals surface area contributed by atoms with Gasteiger partial charge < -0.3 is 10.2 Å². The molecule has 0 amide bonds. The van der Waals surface area contributed by atoms with Gasteiger partial charge in [0.05, 0.1) is 12.2 Å². The van der Waals surface area contributed by atoms with Crippen LogP contribution in [0, 0.1) is 17.3 Å². The summed E-state index contributed by atoms with van der Waals surface area (Å²) in [6, 6.07) is 0. The van der Waals surface area contributed by atoms with E-state index in [4.69, 9.17) is 0 Å². The summed E-state index contributed by atoms with van der Waals surface area (Å²) in [5.74, 6) is 0.834. The Labute approximate surface area is 320 Å². The lowest BCUT2D eigenvalue weighted by Crippen LogP contribution is -2.30. The van der Waals surface area contributed by atoms with Gasteiger partial charge in [-0.2, -0.15) is 0 Å². The van der Waals surface area contributed by atoms with Gasteiger partial charge in [0, 0.05) is 0 Å². The smallest absolute Gasteiger partial charge is 0.0639 e. The molecule has 286 valence electrons. The number of rotatable bonds is 19. The number of aliphatic hydroxyl groups is 2. The third kappa shape index (κ3) is 19.4. The molecule has 2 heteroatoms. The van der Waals surface area contributed by atoms with Gasteiger partial charge in [-0.25, -0.2) is 0 Å². The van der Waals surface area contributed by atoms with Crippen LogP contribution in [0.25, 0.3) is 0 Å². The van der Waals surface area contributed by atoms with Gasteiger partial charge in [0.2, 0.25) is 0 Å². The van der Waals surface area contributed by atoms with E-state index in [9.17, 15) is 10.2 Å². The Bertz CT molecular complexity index is 1530. The van der Waals surface area contributed by atoms with Crippen molar-refractivity contribution in [2.45, 2.75) is 134 Å². The van der Waals surface area contributed by atoms with Gasteiger partial charge in [-0.3, -0.25) is 0 Å². The monoisotopic (exact) mass is 707 g/mol. The average Bonchev–Trinajstić information content (AvgIpc) is 3.05. The van der Waals surface area contributed by atoms with Gasteiger partial charge >= 0.3 is 0 Å². The Balaban J connectivity index is 2.69. The number of allylic oxidation sites excluding steroid dienone is 25. The minimum atomic E-state index is -0.672. The summed E-state index contributed by atoms with van der Waals surface area (Å²) >= 11 is 0. The number of hydrogen-bond acceptors (Lipinski definition) is 2. The first-order valence-electron chi connectivity index (χ1n) is 19.4. The Hall–Kier alpha value is -3.46. The Morgan fingerprint density at radius 1 is 0.731 bits per heavy atom. The van der Waals surface area contributed by atoms with Crippen molar-refractivity contribution in [3.05, 3.63) is 153 Å². The highest BCUT2D eigenvalue weighted by molar-refractivity contribution is 5.38. The number of hydrogen-bond donors (Lipinski definition) is 2. The minimum Gasteiger partial charge on any atom is -0.392 e. The molecule has 0 heterocycles. The van der Waals surface area contributed by atoms with E-state index in [2.05, 4.69) is 173 Å². The number of aliphatic hydroxyl groups excluding tert-OH is 1. The van der Waals surface area contributed by atoms with E-state index < -0.39 is 5.60 Å². The first kappa shape index (κ1) is 46.6. The lowest BCUT2D eigenvalue weighted by Gasteiger charge is -2.41. The van der Waals surface area contributed by atoms with E-state index in [1.165, 1.54) is 51.0 Å². The summed E-state index contributed by atoms with van der Waals surface area (Å²) in [4.78, 5) is 0. The van der Waals surface area contributed by atoms with Crippen LogP contribution in [-0.2, 0) is 0 Å². The second kappa shape index (κ2) is 24.0. The van der Waals surface area contributed by atoms with Crippen LogP contribution in [0.3, 0.4) is 0 Å². The van der Waals surface area contributed by atoms with Crippen molar-refractivity contribution in [1.29, 1.82) is 0 Å². The van der Waals surface area contributed by atoms with Crippen LogP contribution >= 0.6 is 0 Å². The molecule has 0 bridgehead atoms. The lowest BCUT2D eigenvalue weighted by molar-refractivity contribution is 0.0145. The normalized spacial score (nSPS) is 19.8. The van der Waals surface area contributed by atoms with E-state index in [1.54, 1.807) is 0 Å². The summed E-state index contributed by atoms with van der Waals surface area (Å²) in [5.41, 5.74) is 10.9. The van der Waals surface area contributed by atoms with E-state index in [1.807, 2.05) is 20.8 Å². The maximum Gasteiger partial charge on any atom is 0.0639 e. The van der Waals surface area contributed by atoms with Crippen LogP contribution in [0.2, 0.25) is 0 Å². The maximum absolute atomic E-state index is 10.6. The fraction of sp³-hybridized carbons (Fsp3) is 0.480. The van der Waals surface area contributed by atoms with Crippen molar-refractivity contribution in [2.75, 3.05) is 6.61 Å². The molecule has 0 fully saturated rings. The standard InChI is InChI=1S/C50H74O2/c1-38(2)27-32-47(50(12,13)52)34-28-42(6)25-18-24-41(5)23-16-21-39(3)19-14-15-20-40(4)22-17-26-43(7)30-36-48-45(9)31-35-46(49(48,10)11)33-29-44(8)37-51/h14-27,29-30,36,46-47,51-52H,28,31-35,37H2,1-13H3. The molecule has 52 heavy (non-hydrogen) atoms. The predicted molar refractivity (Wildman–Crippen MR) is 232 cm³/mol. The highest BCUT2D eigenvalue weighted by Crippen LogP contribution is 2.47. The van der Waals surface area contributed by atoms with E-state index >= 15 is 0 Å². The fourth-order valence-electron chi connectivity index (χ4n) is 6.38. The van der Waals surface area contributed by atoms with Crippen LogP contribution in [0.15, 0.2) is 153 Å². The molecular weight excluding hydrogens is 633 g/mol. The van der Waals surface area contributed by atoms with Crippen molar-refractivity contribution in [3.63, 3.8) is 0 Å². The molecule has 1 aliphatic rings. The van der Waals surface area contributed by atoms with Gasteiger partial charge in [-0.05, 0) is 138 Å². The van der Waals surface area contributed by atoms with Gasteiger partial charge in [0.15, 0.2) is 0 Å². The molecule has 0 saturated carbocycles. The van der Waals surface area contributed by atoms with Crippen molar-refractivity contribution in [3.8, 4) is 0 Å². The average molecular weight is 707 g/mol. The maximum atomic E-state index is 10.6. The van der Waals surface area contributed by atoms with Crippen molar-refractivity contribution in [2.24, 2.45) is 17.3 Å². The minimum absolute atomic E-state index is 0.107. The molecule has 2 nitrogen and oxygen atoms in total.